The second-order valence-corrected chi connectivity index (χ2v) is 6.19. The molecule has 5 heteroatoms. The smallest absolute Gasteiger partial charge is 0.227 e. The fourth-order valence-electron chi connectivity index (χ4n) is 2.75. The van der Waals surface area contributed by atoms with E-state index in [2.05, 4.69) is 5.32 Å². The van der Waals surface area contributed by atoms with Crippen molar-refractivity contribution in [1.29, 1.82) is 0 Å². The zero-order chi connectivity index (χ0) is 16.3. The molecule has 0 spiro atoms. The first-order valence-electron chi connectivity index (χ1n) is 7.70. The van der Waals surface area contributed by atoms with E-state index in [1.807, 2.05) is 20.8 Å². The second-order valence-electron chi connectivity index (χ2n) is 6.19. The molecule has 1 saturated heterocycles. The Balaban J connectivity index is 2.06. The van der Waals surface area contributed by atoms with Gasteiger partial charge in [-0.2, -0.15) is 0 Å². The summed E-state index contributed by atoms with van der Waals surface area (Å²) < 4.78 is 13.4. The topological polar surface area (TPSA) is 49.4 Å². The van der Waals surface area contributed by atoms with E-state index in [0.29, 0.717) is 18.5 Å². The number of nitrogens with zero attached hydrogens (tertiary/aromatic N) is 1. The van der Waals surface area contributed by atoms with Crippen molar-refractivity contribution in [3.63, 3.8) is 0 Å². The first-order valence-corrected chi connectivity index (χ1v) is 7.70. The van der Waals surface area contributed by atoms with Gasteiger partial charge in [0, 0.05) is 25.0 Å². The lowest BCUT2D eigenvalue weighted by molar-refractivity contribution is -0.132. The van der Waals surface area contributed by atoms with Crippen molar-refractivity contribution in [2.24, 2.45) is 0 Å². The van der Waals surface area contributed by atoms with E-state index in [-0.39, 0.29) is 36.1 Å². The van der Waals surface area contributed by atoms with Crippen molar-refractivity contribution >= 4 is 11.8 Å². The SMILES string of the molecule is Cc1ccc(F)cc1CC(=O)N(C[C@@H]1CCC(=O)N1)C(C)C. The van der Waals surface area contributed by atoms with Crippen LogP contribution in [0.3, 0.4) is 0 Å². The Hall–Kier alpha value is -1.91. The van der Waals surface area contributed by atoms with Crippen LogP contribution in [0.1, 0.15) is 37.8 Å². The van der Waals surface area contributed by atoms with Crippen LogP contribution in [0.5, 0.6) is 0 Å². The highest BCUT2D eigenvalue weighted by atomic mass is 19.1. The molecule has 1 heterocycles. The maximum absolute atomic E-state index is 13.4. The van der Waals surface area contributed by atoms with Crippen molar-refractivity contribution in [2.75, 3.05) is 6.54 Å². The number of carbonyl (C=O) groups excluding carboxylic acids is 2. The Labute approximate surface area is 130 Å². The zero-order valence-electron chi connectivity index (χ0n) is 13.4. The van der Waals surface area contributed by atoms with Crippen LogP contribution in [0, 0.1) is 12.7 Å². The van der Waals surface area contributed by atoms with Gasteiger partial charge in [0.05, 0.1) is 6.42 Å². The van der Waals surface area contributed by atoms with Crippen molar-refractivity contribution in [2.45, 2.75) is 52.1 Å². The van der Waals surface area contributed by atoms with Crippen molar-refractivity contribution < 1.29 is 14.0 Å². The van der Waals surface area contributed by atoms with Crippen molar-refractivity contribution in [3.05, 3.63) is 35.1 Å². The zero-order valence-corrected chi connectivity index (χ0v) is 13.4. The summed E-state index contributed by atoms with van der Waals surface area (Å²) in [6.07, 6.45) is 1.46. The third-order valence-electron chi connectivity index (χ3n) is 4.10. The maximum Gasteiger partial charge on any atom is 0.227 e. The molecule has 1 atom stereocenters. The molecule has 1 aromatic rings. The highest BCUT2D eigenvalue weighted by Crippen LogP contribution is 2.15. The lowest BCUT2D eigenvalue weighted by atomic mass is 10.0. The Kier molecular flexibility index (Phi) is 5.16. The molecule has 1 fully saturated rings. The Morgan fingerprint density at radius 1 is 1.45 bits per heavy atom. The minimum Gasteiger partial charge on any atom is -0.352 e. The molecule has 0 radical (unpaired) electrons. The number of benzene rings is 1. The van der Waals surface area contributed by atoms with Crippen molar-refractivity contribution in [3.8, 4) is 0 Å². The molecule has 120 valence electrons. The van der Waals surface area contributed by atoms with Crippen LogP contribution in [-0.4, -0.2) is 35.3 Å². The van der Waals surface area contributed by atoms with Crippen LogP contribution < -0.4 is 5.32 Å². The molecule has 1 aliphatic heterocycles. The van der Waals surface area contributed by atoms with Gasteiger partial charge in [-0.25, -0.2) is 4.39 Å². The van der Waals surface area contributed by atoms with E-state index in [4.69, 9.17) is 0 Å². The molecule has 0 aliphatic carbocycles. The van der Waals surface area contributed by atoms with E-state index in [1.165, 1.54) is 12.1 Å². The highest BCUT2D eigenvalue weighted by molar-refractivity contribution is 5.80. The highest BCUT2D eigenvalue weighted by Gasteiger charge is 2.26. The molecule has 22 heavy (non-hydrogen) atoms. The van der Waals surface area contributed by atoms with Gasteiger partial charge in [0.2, 0.25) is 11.8 Å². The predicted molar refractivity (Wildman–Crippen MR) is 82.9 cm³/mol. The number of halogens is 1. The summed E-state index contributed by atoms with van der Waals surface area (Å²) in [4.78, 5) is 25.6. The quantitative estimate of drug-likeness (QED) is 0.906. The lowest BCUT2D eigenvalue weighted by Crippen LogP contribution is -2.46. The normalized spacial score (nSPS) is 17.7. The van der Waals surface area contributed by atoms with Gasteiger partial charge in [-0.05, 0) is 50.5 Å². The fourth-order valence-corrected chi connectivity index (χ4v) is 2.75. The number of hydrogen-bond donors (Lipinski definition) is 1. The van der Waals surface area contributed by atoms with Crippen LogP contribution >= 0.6 is 0 Å². The molecule has 0 aromatic heterocycles. The Morgan fingerprint density at radius 2 is 2.18 bits per heavy atom. The number of carbonyl (C=O) groups is 2. The number of rotatable bonds is 5. The third-order valence-corrected chi connectivity index (χ3v) is 4.10. The molecular formula is C17H23FN2O2. The van der Waals surface area contributed by atoms with Gasteiger partial charge in [-0.15, -0.1) is 0 Å². The predicted octanol–water partition coefficient (Wildman–Crippen LogP) is 2.19. The molecule has 2 rings (SSSR count). The van der Waals surface area contributed by atoms with Crippen LogP contribution in [0.2, 0.25) is 0 Å². The summed E-state index contributed by atoms with van der Waals surface area (Å²) in [6.45, 7) is 6.29. The van der Waals surface area contributed by atoms with Crippen LogP contribution in [0.25, 0.3) is 0 Å². The molecule has 1 aliphatic rings. The van der Waals surface area contributed by atoms with Crippen LogP contribution in [0.4, 0.5) is 4.39 Å². The molecule has 1 aromatic carbocycles. The summed E-state index contributed by atoms with van der Waals surface area (Å²) in [5, 5.41) is 2.89. The molecule has 2 amide bonds. The van der Waals surface area contributed by atoms with E-state index in [9.17, 15) is 14.0 Å². The van der Waals surface area contributed by atoms with Crippen molar-refractivity contribution in [1.82, 2.24) is 10.2 Å². The molecule has 0 bridgehead atoms. The van der Waals surface area contributed by atoms with Gasteiger partial charge >= 0.3 is 0 Å². The van der Waals surface area contributed by atoms with Gasteiger partial charge in [0.15, 0.2) is 0 Å². The number of nitrogens with one attached hydrogen (secondary N) is 1. The monoisotopic (exact) mass is 306 g/mol. The first-order chi connectivity index (χ1) is 10.4. The summed E-state index contributed by atoms with van der Waals surface area (Å²) in [5.41, 5.74) is 1.62. The average Bonchev–Trinajstić information content (AvgIpc) is 2.85. The second kappa shape index (κ2) is 6.90. The molecule has 0 unspecified atom stereocenters. The van der Waals surface area contributed by atoms with E-state index < -0.39 is 0 Å². The summed E-state index contributed by atoms with van der Waals surface area (Å²) in [7, 11) is 0. The minimum absolute atomic E-state index is 0.0208. The number of hydrogen-bond acceptors (Lipinski definition) is 2. The molecular weight excluding hydrogens is 283 g/mol. The maximum atomic E-state index is 13.4. The fraction of sp³-hybridized carbons (Fsp3) is 0.529. The molecule has 0 saturated carbocycles. The number of amides is 2. The number of aryl methyl sites for hydroxylation is 1. The van der Waals surface area contributed by atoms with Crippen LogP contribution in [0.15, 0.2) is 18.2 Å². The van der Waals surface area contributed by atoms with Crippen LogP contribution in [-0.2, 0) is 16.0 Å². The first kappa shape index (κ1) is 16.5. The van der Waals surface area contributed by atoms with Gasteiger partial charge in [-0.1, -0.05) is 6.07 Å². The summed E-state index contributed by atoms with van der Waals surface area (Å²) >= 11 is 0. The van der Waals surface area contributed by atoms with Gasteiger partial charge < -0.3 is 10.2 Å². The Morgan fingerprint density at radius 3 is 2.77 bits per heavy atom. The van der Waals surface area contributed by atoms with Gasteiger partial charge in [0.1, 0.15) is 5.82 Å². The average molecular weight is 306 g/mol. The standard InChI is InChI=1S/C17H23FN2O2/c1-11(2)20(10-15-6-7-16(21)19-15)17(22)9-13-8-14(18)5-4-12(13)3/h4-5,8,11,15H,6-7,9-10H2,1-3H3,(H,19,21)/t15-/m0/s1. The minimum atomic E-state index is -0.326. The van der Waals surface area contributed by atoms with Gasteiger partial charge in [-0.3, -0.25) is 9.59 Å². The van der Waals surface area contributed by atoms with E-state index in [1.54, 1.807) is 11.0 Å². The summed E-state index contributed by atoms with van der Waals surface area (Å²) in [5.74, 6) is -0.320. The van der Waals surface area contributed by atoms with E-state index >= 15 is 0 Å². The van der Waals surface area contributed by atoms with Gasteiger partial charge in [0.25, 0.3) is 0 Å². The Bertz CT molecular complexity index is 572. The van der Waals surface area contributed by atoms with E-state index in [0.717, 1.165) is 12.0 Å². The largest absolute Gasteiger partial charge is 0.352 e. The third kappa shape index (κ3) is 4.06. The molecule has 4 nitrogen and oxygen atoms in total. The summed E-state index contributed by atoms with van der Waals surface area (Å²) in [6, 6.07) is 4.57. The molecule has 1 N–H and O–H groups in total. The lowest BCUT2D eigenvalue weighted by Gasteiger charge is -2.29.